The monoisotopic (exact) mass is 413 g/mol. The molecule has 1 atom stereocenters. The molecule has 3 rings (SSSR count). The third-order valence-corrected chi connectivity index (χ3v) is 5.48. The number of hydrogen-bond acceptors (Lipinski definition) is 4. The van der Waals surface area contributed by atoms with Crippen molar-refractivity contribution >= 4 is 17.3 Å². The number of methoxy groups -OCH3 is 2. The van der Waals surface area contributed by atoms with Crippen molar-refractivity contribution in [3.05, 3.63) is 59.2 Å². The number of ether oxygens (including phenoxy) is 2. The van der Waals surface area contributed by atoms with Gasteiger partial charge in [-0.05, 0) is 61.3 Å². The molecule has 0 aliphatic carbocycles. The number of nitrogens with zero attached hydrogens (tertiary/aromatic N) is 1. The van der Waals surface area contributed by atoms with Gasteiger partial charge in [-0.3, -0.25) is 4.90 Å². The Balaban J connectivity index is 1.88. The maximum absolute atomic E-state index is 5.58. The zero-order valence-electron chi connectivity index (χ0n) is 17.7. The van der Waals surface area contributed by atoms with Gasteiger partial charge in [0, 0.05) is 25.7 Å². The van der Waals surface area contributed by atoms with Crippen LogP contribution >= 0.6 is 12.2 Å². The van der Waals surface area contributed by atoms with E-state index in [1.54, 1.807) is 14.2 Å². The van der Waals surface area contributed by atoms with Gasteiger partial charge in [-0.2, -0.15) is 0 Å². The van der Waals surface area contributed by atoms with Gasteiger partial charge in [-0.1, -0.05) is 30.3 Å². The van der Waals surface area contributed by atoms with Crippen molar-refractivity contribution in [2.24, 2.45) is 0 Å². The van der Waals surface area contributed by atoms with E-state index in [9.17, 15) is 0 Å². The maximum Gasteiger partial charge on any atom is 0.166 e. The molecule has 156 valence electrons. The summed E-state index contributed by atoms with van der Waals surface area (Å²) in [6.07, 6.45) is 0.980. The normalized spacial score (nSPS) is 16.2. The molecule has 0 unspecified atom stereocenters. The smallest absolute Gasteiger partial charge is 0.166 e. The van der Waals surface area contributed by atoms with E-state index in [1.165, 1.54) is 16.7 Å². The Bertz CT molecular complexity index is 826. The summed E-state index contributed by atoms with van der Waals surface area (Å²) in [5.41, 5.74) is 3.88. The molecule has 0 radical (unpaired) electrons. The first-order chi connectivity index (χ1) is 14.0. The second kappa shape index (κ2) is 9.94. The zero-order valence-corrected chi connectivity index (χ0v) is 18.5. The van der Waals surface area contributed by atoms with Crippen molar-refractivity contribution in [3.63, 3.8) is 0 Å². The molecule has 0 aromatic heterocycles. The SMILES string of the molecule is COc1cc2c(cc1OC)[C@@H](CNC(=S)NC(C)C)N(Cc1ccccc1)CC2. The number of hydrogen-bond donors (Lipinski definition) is 2. The highest BCUT2D eigenvalue weighted by Gasteiger charge is 2.29. The van der Waals surface area contributed by atoms with Gasteiger partial charge in [-0.15, -0.1) is 0 Å². The van der Waals surface area contributed by atoms with E-state index < -0.39 is 0 Å². The van der Waals surface area contributed by atoms with Gasteiger partial charge in [0.15, 0.2) is 16.6 Å². The second-order valence-corrected chi connectivity index (χ2v) is 8.05. The van der Waals surface area contributed by atoms with Crippen LogP contribution in [0.2, 0.25) is 0 Å². The Labute approximate surface area is 179 Å². The average Bonchev–Trinajstić information content (AvgIpc) is 2.72. The maximum atomic E-state index is 5.58. The molecule has 0 saturated carbocycles. The van der Waals surface area contributed by atoms with Crippen molar-refractivity contribution in [1.29, 1.82) is 0 Å². The molecule has 2 aromatic rings. The predicted octanol–water partition coefficient (Wildman–Crippen LogP) is 3.68. The molecule has 1 aliphatic rings. The minimum Gasteiger partial charge on any atom is -0.493 e. The Morgan fingerprint density at radius 2 is 1.83 bits per heavy atom. The van der Waals surface area contributed by atoms with Crippen LogP contribution in [0.15, 0.2) is 42.5 Å². The highest BCUT2D eigenvalue weighted by Crippen LogP contribution is 2.38. The van der Waals surface area contributed by atoms with Gasteiger partial charge in [0.2, 0.25) is 0 Å². The first-order valence-electron chi connectivity index (χ1n) is 10.1. The van der Waals surface area contributed by atoms with E-state index in [4.69, 9.17) is 21.7 Å². The van der Waals surface area contributed by atoms with E-state index in [1.807, 2.05) is 0 Å². The highest BCUT2D eigenvalue weighted by molar-refractivity contribution is 7.80. The van der Waals surface area contributed by atoms with Gasteiger partial charge in [0.1, 0.15) is 0 Å². The summed E-state index contributed by atoms with van der Waals surface area (Å²) >= 11 is 5.47. The molecule has 2 aromatic carbocycles. The first kappa shape index (κ1) is 21.4. The van der Waals surface area contributed by atoms with Crippen LogP contribution in [-0.2, 0) is 13.0 Å². The van der Waals surface area contributed by atoms with Crippen LogP contribution in [0.3, 0.4) is 0 Å². The van der Waals surface area contributed by atoms with Crippen molar-refractivity contribution in [2.75, 3.05) is 27.3 Å². The number of fused-ring (bicyclic) bond motifs is 1. The molecule has 1 aliphatic heterocycles. The lowest BCUT2D eigenvalue weighted by Crippen LogP contribution is -2.45. The van der Waals surface area contributed by atoms with Crippen LogP contribution < -0.4 is 20.1 Å². The summed E-state index contributed by atoms with van der Waals surface area (Å²) in [6.45, 7) is 6.78. The Morgan fingerprint density at radius 1 is 1.14 bits per heavy atom. The topological polar surface area (TPSA) is 45.8 Å². The third-order valence-electron chi connectivity index (χ3n) is 5.22. The minimum atomic E-state index is 0.186. The fraction of sp³-hybridized carbons (Fsp3) is 0.435. The molecule has 1 heterocycles. The molecular formula is C23H31N3O2S. The second-order valence-electron chi connectivity index (χ2n) is 7.64. The van der Waals surface area contributed by atoms with Crippen LogP contribution in [0.1, 0.15) is 36.6 Å². The summed E-state index contributed by atoms with van der Waals surface area (Å²) in [5, 5.41) is 7.37. The van der Waals surface area contributed by atoms with E-state index >= 15 is 0 Å². The largest absolute Gasteiger partial charge is 0.493 e. The molecule has 0 fully saturated rings. The van der Waals surface area contributed by atoms with Crippen LogP contribution in [0, 0.1) is 0 Å². The van der Waals surface area contributed by atoms with Crippen molar-refractivity contribution in [1.82, 2.24) is 15.5 Å². The number of rotatable bonds is 7. The standard InChI is InChI=1S/C23H31N3O2S/c1-16(2)25-23(29)24-14-20-19-13-22(28-4)21(27-3)12-18(19)10-11-26(20)15-17-8-6-5-7-9-17/h5-9,12-13,16,20H,10-11,14-15H2,1-4H3,(H2,24,25,29)/t20-/m1/s1. The molecular weight excluding hydrogens is 382 g/mol. The summed E-state index contributed by atoms with van der Waals surface area (Å²) in [7, 11) is 3.37. The van der Waals surface area contributed by atoms with Crippen molar-refractivity contribution in [2.45, 2.75) is 38.9 Å². The summed E-state index contributed by atoms with van der Waals surface area (Å²) < 4.78 is 11.1. The molecule has 6 heteroatoms. The molecule has 0 spiro atoms. The summed E-state index contributed by atoms with van der Waals surface area (Å²) in [4.78, 5) is 2.51. The fourth-order valence-electron chi connectivity index (χ4n) is 3.83. The highest BCUT2D eigenvalue weighted by atomic mass is 32.1. The minimum absolute atomic E-state index is 0.186. The van der Waals surface area contributed by atoms with Crippen molar-refractivity contribution in [3.8, 4) is 11.5 Å². The lowest BCUT2D eigenvalue weighted by Gasteiger charge is -2.38. The zero-order chi connectivity index (χ0) is 20.8. The first-order valence-corrected chi connectivity index (χ1v) is 10.5. The molecule has 5 nitrogen and oxygen atoms in total. The molecule has 0 bridgehead atoms. The predicted molar refractivity (Wildman–Crippen MR) is 122 cm³/mol. The quantitative estimate of drug-likeness (QED) is 0.676. The van der Waals surface area contributed by atoms with Crippen molar-refractivity contribution < 1.29 is 9.47 Å². The summed E-state index contributed by atoms with van der Waals surface area (Å²) in [5.74, 6) is 1.55. The summed E-state index contributed by atoms with van der Waals surface area (Å²) in [6, 6.07) is 15.3. The van der Waals surface area contributed by atoms with Crippen LogP contribution in [0.25, 0.3) is 0 Å². The van der Waals surface area contributed by atoms with Gasteiger partial charge >= 0.3 is 0 Å². The fourth-order valence-corrected chi connectivity index (χ4v) is 4.15. The average molecular weight is 414 g/mol. The van der Waals surface area contributed by atoms with Gasteiger partial charge in [0.25, 0.3) is 0 Å². The van der Waals surface area contributed by atoms with E-state index in [0.717, 1.165) is 37.6 Å². The van der Waals surface area contributed by atoms with Crippen LogP contribution in [0.5, 0.6) is 11.5 Å². The van der Waals surface area contributed by atoms with Gasteiger partial charge < -0.3 is 20.1 Å². The number of nitrogens with one attached hydrogen (secondary N) is 2. The molecule has 2 N–H and O–H groups in total. The lowest BCUT2D eigenvalue weighted by atomic mass is 9.91. The van der Waals surface area contributed by atoms with E-state index in [-0.39, 0.29) is 6.04 Å². The molecule has 0 amide bonds. The Kier molecular flexibility index (Phi) is 7.34. The molecule has 0 saturated heterocycles. The van der Waals surface area contributed by atoms with Crippen LogP contribution in [-0.4, -0.2) is 43.4 Å². The Hall–Kier alpha value is -2.31. The number of thiocarbonyl (C=S) groups is 1. The van der Waals surface area contributed by atoms with Gasteiger partial charge in [-0.25, -0.2) is 0 Å². The molecule has 29 heavy (non-hydrogen) atoms. The Morgan fingerprint density at radius 3 is 2.48 bits per heavy atom. The van der Waals surface area contributed by atoms with Gasteiger partial charge in [0.05, 0.1) is 20.3 Å². The third kappa shape index (κ3) is 5.40. The number of benzene rings is 2. The van der Waals surface area contributed by atoms with E-state index in [0.29, 0.717) is 11.2 Å². The lowest BCUT2D eigenvalue weighted by molar-refractivity contribution is 0.176. The van der Waals surface area contributed by atoms with Crippen LogP contribution in [0.4, 0.5) is 0 Å². The van der Waals surface area contributed by atoms with E-state index in [2.05, 4.69) is 71.8 Å².